The van der Waals surface area contributed by atoms with E-state index in [1.807, 2.05) is 24.3 Å². The van der Waals surface area contributed by atoms with E-state index in [9.17, 15) is 13.2 Å². The molecule has 1 aliphatic rings. The van der Waals surface area contributed by atoms with Crippen LogP contribution in [0.4, 0.5) is 0 Å². The lowest BCUT2D eigenvalue weighted by atomic mass is 10.1. The van der Waals surface area contributed by atoms with Gasteiger partial charge in [0, 0.05) is 23.5 Å². The van der Waals surface area contributed by atoms with Crippen LogP contribution in [0.5, 0.6) is 0 Å². The number of halogens is 1. The average molecular weight is 361 g/mol. The number of carbonyl (C=O) groups excluding carboxylic acids is 1. The molecule has 2 rings (SSSR count). The van der Waals surface area contributed by atoms with Gasteiger partial charge in [-0.25, -0.2) is 13.1 Å². The maximum atomic E-state index is 11.9. The predicted octanol–water partition coefficient (Wildman–Crippen LogP) is 1.22. The van der Waals surface area contributed by atoms with Crippen LogP contribution in [-0.2, 0) is 14.8 Å². The van der Waals surface area contributed by atoms with Gasteiger partial charge in [0.05, 0.1) is 6.26 Å². The van der Waals surface area contributed by atoms with E-state index in [4.69, 9.17) is 0 Å². The molecule has 20 heavy (non-hydrogen) atoms. The summed E-state index contributed by atoms with van der Waals surface area (Å²) in [6.07, 6.45) is 1.95. The smallest absolute Gasteiger partial charge is 0.223 e. The highest BCUT2D eigenvalue weighted by Gasteiger charge is 2.43. The SMILES string of the molecule is CS(=O)(=O)NCCNC(=O)[C@@H]1C[C@@H]1c1cccc(Br)c1. The van der Waals surface area contributed by atoms with Crippen LogP contribution in [0.2, 0.25) is 0 Å². The predicted molar refractivity (Wildman–Crippen MR) is 80.8 cm³/mol. The Balaban J connectivity index is 1.76. The molecule has 1 saturated carbocycles. The summed E-state index contributed by atoms with van der Waals surface area (Å²) in [5.41, 5.74) is 1.16. The molecule has 2 N–H and O–H groups in total. The molecule has 1 fully saturated rings. The first-order valence-electron chi connectivity index (χ1n) is 6.34. The number of hydrogen-bond donors (Lipinski definition) is 2. The summed E-state index contributed by atoms with van der Waals surface area (Å²) in [6.45, 7) is 0.534. The van der Waals surface area contributed by atoms with Gasteiger partial charge in [-0.05, 0) is 30.0 Å². The number of carbonyl (C=O) groups is 1. The highest BCUT2D eigenvalue weighted by molar-refractivity contribution is 9.10. The van der Waals surface area contributed by atoms with Crippen molar-refractivity contribution in [1.82, 2.24) is 10.0 Å². The second-order valence-corrected chi connectivity index (χ2v) is 7.71. The van der Waals surface area contributed by atoms with Crippen molar-refractivity contribution in [2.45, 2.75) is 12.3 Å². The zero-order valence-corrected chi connectivity index (χ0v) is 13.5. The first kappa shape index (κ1) is 15.5. The maximum Gasteiger partial charge on any atom is 0.223 e. The molecule has 1 aliphatic carbocycles. The Bertz CT molecular complexity index is 603. The fraction of sp³-hybridized carbons (Fsp3) is 0.462. The fourth-order valence-electron chi connectivity index (χ4n) is 2.14. The van der Waals surface area contributed by atoms with Crippen molar-refractivity contribution in [2.75, 3.05) is 19.3 Å². The van der Waals surface area contributed by atoms with Gasteiger partial charge in [-0.15, -0.1) is 0 Å². The third-order valence-electron chi connectivity index (χ3n) is 3.19. The van der Waals surface area contributed by atoms with Crippen molar-refractivity contribution < 1.29 is 13.2 Å². The van der Waals surface area contributed by atoms with Crippen LogP contribution in [-0.4, -0.2) is 33.7 Å². The summed E-state index contributed by atoms with van der Waals surface area (Å²) in [5, 5.41) is 2.75. The molecule has 5 nitrogen and oxygen atoms in total. The van der Waals surface area contributed by atoms with Crippen LogP contribution in [0.25, 0.3) is 0 Å². The Morgan fingerprint density at radius 2 is 2.15 bits per heavy atom. The number of rotatable bonds is 6. The van der Waals surface area contributed by atoms with E-state index < -0.39 is 10.0 Å². The van der Waals surface area contributed by atoms with Crippen molar-refractivity contribution in [3.63, 3.8) is 0 Å². The Hall–Kier alpha value is -0.920. The van der Waals surface area contributed by atoms with Gasteiger partial charge in [0.1, 0.15) is 0 Å². The minimum atomic E-state index is -3.19. The summed E-state index contributed by atoms with van der Waals surface area (Å²) in [4.78, 5) is 11.9. The lowest BCUT2D eigenvalue weighted by Gasteiger charge is -2.05. The van der Waals surface area contributed by atoms with Gasteiger partial charge in [-0.1, -0.05) is 28.1 Å². The number of benzene rings is 1. The second-order valence-electron chi connectivity index (χ2n) is 4.96. The normalized spacial score (nSPS) is 21.5. The summed E-state index contributed by atoms with van der Waals surface area (Å²) >= 11 is 3.42. The van der Waals surface area contributed by atoms with E-state index in [0.29, 0.717) is 6.54 Å². The van der Waals surface area contributed by atoms with E-state index in [2.05, 4.69) is 26.0 Å². The van der Waals surface area contributed by atoms with Crippen LogP contribution in [0.15, 0.2) is 28.7 Å². The van der Waals surface area contributed by atoms with Crippen molar-refractivity contribution in [1.29, 1.82) is 0 Å². The molecular weight excluding hydrogens is 344 g/mol. The molecule has 0 radical (unpaired) electrons. The van der Waals surface area contributed by atoms with Crippen LogP contribution < -0.4 is 10.0 Å². The standard InChI is InChI=1S/C13H17BrN2O3S/c1-20(18,19)16-6-5-15-13(17)12-8-11(12)9-3-2-4-10(14)7-9/h2-4,7,11-12,16H,5-6,8H2,1H3,(H,15,17)/t11-,12-/m1/s1. The highest BCUT2D eigenvalue weighted by atomic mass is 79.9. The van der Waals surface area contributed by atoms with E-state index >= 15 is 0 Å². The minimum Gasteiger partial charge on any atom is -0.355 e. The second kappa shape index (κ2) is 6.24. The van der Waals surface area contributed by atoms with E-state index in [0.717, 1.165) is 22.7 Å². The van der Waals surface area contributed by atoms with Crippen molar-refractivity contribution in [3.8, 4) is 0 Å². The maximum absolute atomic E-state index is 11.9. The van der Waals surface area contributed by atoms with Gasteiger partial charge in [0.25, 0.3) is 0 Å². The first-order chi connectivity index (χ1) is 9.37. The topological polar surface area (TPSA) is 75.3 Å². The third kappa shape index (κ3) is 4.57. The van der Waals surface area contributed by atoms with Crippen LogP contribution in [0.1, 0.15) is 17.9 Å². The van der Waals surface area contributed by atoms with E-state index in [1.54, 1.807) is 0 Å². The zero-order valence-electron chi connectivity index (χ0n) is 11.1. The number of nitrogens with one attached hydrogen (secondary N) is 2. The molecule has 0 saturated heterocycles. The molecule has 0 aliphatic heterocycles. The van der Waals surface area contributed by atoms with E-state index in [1.165, 1.54) is 0 Å². The molecular formula is C13H17BrN2O3S. The van der Waals surface area contributed by atoms with Gasteiger partial charge in [-0.2, -0.15) is 0 Å². The van der Waals surface area contributed by atoms with E-state index in [-0.39, 0.29) is 24.3 Å². The number of hydrogen-bond acceptors (Lipinski definition) is 3. The highest BCUT2D eigenvalue weighted by Crippen LogP contribution is 2.47. The molecule has 1 aromatic carbocycles. The summed E-state index contributed by atoms with van der Waals surface area (Å²) in [7, 11) is -3.19. The number of amides is 1. The van der Waals surface area contributed by atoms with Crippen LogP contribution in [0, 0.1) is 5.92 Å². The molecule has 0 unspecified atom stereocenters. The minimum absolute atomic E-state index is 0.00235. The first-order valence-corrected chi connectivity index (χ1v) is 9.03. The largest absolute Gasteiger partial charge is 0.355 e. The lowest BCUT2D eigenvalue weighted by molar-refractivity contribution is -0.122. The van der Waals surface area contributed by atoms with Crippen LogP contribution >= 0.6 is 15.9 Å². The molecule has 0 heterocycles. The Labute approximate surface area is 127 Å². The lowest BCUT2D eigenvalue weighted by Crippen LogP contribution is -2.35. The van der Waals surface area contributed by atoms with Crippen molar-refractivity contribution >= 4 is 31.9 Å². The van der Waals surface area contributed by atoms with Crippen LogP contribution in [0.3, 0.4) is 0 Å². The summed E-state index contributed by atoms with van der Waals surface area (Å²) < 4.78 is 25.1. The zero-order chi connectivity index (χ0) is 14.8. The average Bonchev–Trinajstić information content (AvgIpc) is 3.13. The molecule has 7 heteroatoms. The third-order valence-corrected chi connectivity index (χ3v) is 4.41. The molecule has 0 bridgehead atoms. The fourth-order valence-corrected chi connectivity index (χ4v) is 3.03. The summed E-state index contributed by atoms with van der Waals surface area (Å²) in [6, 6.07) is 7.97. The Morgan fingerprint density at radius 3 is 2.80 bits per heavy atom. The van der Waals surface area contributed by atoms with Gasteiger partial charge >= 0.3 is 0 Å². The number of sulfonamides is 1. The van der Waals surface area contributed by atoms with Gasteiger partial charge in [0.15, 0.2) is 0 Å². The summed E-state index contributed by atoms with van der Waals surface area (Å²) in [5.74, 6) is 0.267. The Kier molecular flexibility index (Phi) is 4.82. The van der Waals surface area contributed by atoms with Crippen molar-refractivity contribution in [3.05, 3.63) is 34.3 Å². The molecule has 0 aromatic heterocycles. The van der Waals surface area contributed by atoms with Crippen molar-refractivity contribution in [2.24, 2.45) is 5.92 Å². The molecule has 1 amide bonds. The quantitative estimate of drug-likeness (QED) is 0.748. The monoisotopic (exact) mass is 360 g/mol. The van der Waals surface area contributed by atoms with Gasteiger partial charge in [-0.3, -0.25) is 4.79 Å². The van der Waals surface area contributed by atoms with Gasteiger partial charge in [0.2, 0.25) is 15.9 Å². The van der Waals surface area contributed by atoms with Gasteiger partial charge < -0.3 is 5.32 Å². The molecule has 110 valence electrons. The molecule has 2 atom stereocenters. The molecule has 0 spiro atoms. The molecule has 1 aromatic rings. The Morgan fingerprint density at radius 1 is 1.40 bits per heavy atom.